The van der Waals surface area contributed by atoms with Crippen molar-refractivity contribution >= 4 is 28.6 Å². The fourth-order valence-electron chi connectivity index (χ4n) is 3.08. The molecule has 0 aromatic carbocycles. The van der Waals surface area contributed by atoms with Crippen molar-refractivity contribution in [3.8, 4) is 10.6 Å². The second-order valence-corrected chi connectivity index (χ2v) is 7.88. The molecule has 21 heavy (non-hydrogen) atoms. The van der Waals surface area contributed by atoms with Gasteiger partial charge >= 0.3 is 0 Å². The van der Waals surface area contributed by atoms with Crippen LogP contribution in [0.3, 0.4) is 0 Å². The molecule has 5 heteroatoms. The summed E-state index contributed by atoms with van der Waals surface area (Å²) >= 11 is 3.18. The van der Waals surface area contributed by atoms with Crippen LogP contribution < -0.4 is 0 Å². The average Bonchev–Trinajstić information content (AvgIpc) is 3.05. The molecular formula is C16H20N2OS2. The van der Waals surface area contributed by atoms with E-state index in [2.05, 4.69) is 30.3 Å². The molecule has 3 nitrogen and oxygen atoms in total. The highest BCUT2D eigenvalue weighted by molar-refractivity contribution is 7.17. The van der Waals surface area contributed by atoms with Crippen LogP contribution >= 0.6 is 22.7 Å². The number of hydrogen-bond donors (Lipinski definition) is 0. The van der Waals surface area contributed by atoms with Gasteiger partial charge in [0.2, 0.25) is 0 Å². The first kappa shape index (κ1) is 14.7. The van der Waals surface area contributed by atoms with Crippen molar-refractivity contribution in [3.05, 3.63) is 27.4 Å². The normalized spacial score (nSPS) is 22.5. The standard InChI is InChI=1S/C16H20N2OS2/c1-10-6-11(2)8-18(7-10)16(19)14-12(3)17-15(21-14)13-4-5-20-9-13/h4-5,9-11H,6-8H2,1-3H3. The van der Waals surface area contributed by atoms with Crippen LogP contribution in [-0.4, -0.2) is 28.9 Å². The smallest absolute Gasteiger partial charge is 0.265 e. The Kier molecular flexibility index (Phi) is 4.13. The van der Waals surface area contributed by atoms with Gasteiger partial charge in [-0.3, -0.25) is 4.79 Å². The highest BCUT2D eigenvalue weighted by atomic mass is 32.1. The van der Waals surface area contributed by atoms with Crippen LogP contribution in [0, 0.1) is 18.8 Å². The maximum absolute atomic E-state index is 12.8. The fourth-order valence-corrected chi connectivity index (χ4v) is 4.82. The number of carbonyl (C=O) groups is 1. The number of rotatable bonds is 2. The molecule has 2 aromatic rings. The molecule has 3 heterocycles. The Balaban J connectivity index is 1.85. The maximum atomic E-state index is 12.8. The molecule has 1 aliphatic heterocycles. The molecule has 1 fully saturated rings. The van der Waals surface area contributed by atoms with Crippen molar-refractivity contribution < 1.29 is 4.79 Å². The van der Waals surface area contributed by atoms with Crippen LogP contribution in [0.5, 0.6) is 0 Å². The van der Waals surface area contributed by atoms with Gasteiger partial charge in [0.1, 0.15) is 9.88 Å². The number of thiazole rings is 1. The summed E-state index contributed by atoms with van der Waals surface area (Å²) in [5.41, 5.74) is 1.98. The molecular weight excluding hydrogens is 300 g/mol. The Bertz CT molecular complexity index is 623. The number of likely N-dealkylation sites (tertiary alicyclic amines) is 1. The second kappa shape index (κ2) is 5.89. The Morgan fingerprint density at radius 1 is 1.33 bits per heavy atom. The van der Waals surface area contributed by atoms with Crippen LogP contribution in [0.4, 0.5) is 0 Å². The summed E-state index contributed by atoms with van der Waals surface area (Å²) in [5, 5.41) is 5.08. The van der Waals surface area contributed by atoms with Gasteiger partial charge in [0.15, 0.2) is 0 Å². The van der Waals surface area contributed by atoms with Gasteiger partial charge in [0, 0.05) is 24.0 Å². The zero-order valence-electron chi connectivity index (χ0n) is 12.6. The summed E-state index contributed by atoms with van der Waals surface area (Å²) in [5.74, 6) is 1.33. The number of amides is 1. The molecule has 0 spiro atoms. The second-order valence-electron chi connectivity index (χ2n) is 6.10. The molecule has 2 unspecified atom stereocenters. The fraction of sp³-hybridized carbons (Fsp3) is 0.500. The van der Waals surface area contributed by atoms with E-state index in [0.29, 0.717) is 11.8 Å². The molecule has 0 bridgehead atoms. The lowest BCUT2D eigenvalue weighted by molar-refractivity contribution is 0.0627. The molecule has 1 amide bonds. The zero-order chi connectivity index (χ0) is 15.0. The van der Waals surface area contributed by atoms with Crippen LogP contribution in [0.2, 0.25) is 0 Å². The number of piperidine rings is 1. The predicted octanol–water partition coefficient (Wildman–Crippen LogP) is 4.30. The van der Waals surface area contributed by atoms with Crippen LogP contribution in [0.15, 0.2) is 16.8 Å². The van der Waals surface area contributed by atoms with Crippen molar-refractivity contribution in [2.45, 2.75) is 27.2 Å². The summed E-state index contributed by atoms with van der Waals surface area (Å²) in [7, 11) is 0. The zero-order valence-corrected chi connectivity index (χ0v) is 14.3. The summed E-state index contributed by atoms with van der Waals surface area (Å²) < 4.78 is 0. The van der Waals surface area contributed by atoms with Gasteiger partial charge in [-0.1, -0.05) is 13.8 Å². The molecule has 3 rings (SSSR count). The summed E-state index contributed by atoms with van der Waals surface area (Å²) in [6.45, 7) is 8.14. The molecule has 2 aromatic heterocycles. The van der Waals surface area contributed by atoms with E-state index in [-0.39, 0.29) is 5.91 Å². The Hall–Kier alpha value is -1.20. The van der Waals surface area contributed by atoms with Crippen molar-refractivity contribution in [1.82, 2.24) is 9.88 Å². The topological polar surface area (TPSA) is 33.2 Å². The third-order valence-electron chi connectivity index (χ3n) is 3.92. The number of nitrogens with zero attached hydrogens (tertiary/aromatic N) is 2. The minimum atomic E-state index is 0.157. The maximum Gasteiger partial charge on any atom is 0.265 e. The third-order valence-corrected chi connectivity index (χ3v) is 5.79. The molecule has 112 valence electrons. The van der Waals surface area contributed by atoms with E-state index < -0.39 is 0 Å². The van der Waals surface area contributed by atoms with E-state index >= 15 is 0 Å². The SMILES string of the molecule is Cc1nc(-c2ccsc2)sc1C(=O)N1CC(C)CC(C)C1. The lowest BCUT2D eigenvalue weighted by Crippen LogP contribution is -2.42. The molecule has 2 atom stereocenters. The van der Waals surface area contributed by atoms with Crippen LogP contribution in [0.1, 0.15) is 35.6 Å². The first-order valence-electron chi connectivity index (χ1n) is 7.34. The molecule has 0 aliphatic carbocycles. The highest BCUT2D eigenvalue weighted by Gasteiger charge is 2.28. The number of aromatic nitrogens is 1. The van der Waals surface area contributed by atoms with E-state index in [4.69, 9.17) is 0 Å². The highest BCUT2D eigenvalue weighted by Crippen LogP contribution is 2.31. The first-order chi connectivity index (χ1) is 10.0. The van der Waals surface area contributed by atoms with Gasteiger partial charge in [-0.2, -0.15) is 11.3 Å². The van der Waals surface area contributed by atoms with Crippen molar-refractivity contribution in [2.24, 2.45) is 11.8 Å². The van der Waals surface area contributed by atoms with Crippen LogP contribution in [0.25, 0.3) is 10.6 Å². The molecule has 0 radical (unpaired) electrons. The minimum absolute atomic E-state index is 0.157. The summed E-state index contributed by atoms with van der Waals surface area (Å²) in [6, 6.07) is 2.06. The lowest BCUT2D eigenvalue weighted by atomic mass is 9.92. The average molecular weight is 320 g/mol. The number of carbonyl (C=O) groups excluding carboxylic acids is 1. The monoisotopic (exact) mass is 320 g/mol. The van der Waals surface area contributed by atoms with Gasteiger partial charge in [-0.15, -0.1) is 11.3 Å². The molecule has 0 saturated carbocycles. The van der Waals surface area contributed by atoms with Gasteiger partial charge in [-0.25, -0.2) is 4.98 Å². The Morgan fingerprint density at radius 2 is 2.05 bits per heavy atom. The minimum Gasteiger partial charge on any atom is -0.337 e. The van der Waals surface area contributed by atoms with Gasteiger partial charge < -0.3 is 4.90 Å². The Morgan fingerprint density at radius 3 is 2.67 bits per heavy atom. The van der Waals surface area contributed by atoms with E-state index in [1.54, 1.807) is 11.3 Å². The van der Waals surface area contributed by atoms with Crippen molar-refractivity contribution in [1.29, 1.82) is 0 Å². The molecule has 1 aliphatic rings. The largest absolute Gasteiger partial charge is 0.337 e. The lowest BCUT2D eigenvalue weighted by Gasteiger charge is -2.34. The van der Waals surface area contributed by atoms with Crippen molar-refractivity contribution in [2.75, 3.05) is 13.1 Å². The van der Waals surface area contributed by atoms with Gasteiger partial charge in [0.25, 0.3) is 5.91 Å². The predicted molar refractivity (Wildman–Crippen MR) is 89.0 cm³/mol. The van der Waals surface area contributed by atoms with E-state index in [9.17, 15) is 4.79 Å². The van der Waals surface area contributed by atoms with E-state index in [1.165, 1.54) is 17.8 Å². The van der Waals surface area contributed by atoms with E-state index in [1.807, 2.05) is 17.2 Å². The summed E-state index contributed by atoms with van der Waals surface area (Å²) in [4.78, 5) is 20.2. The van der Waals surface area contributed by atoms with Gasteiger partial charge in [0.05, 0.1) is 5.69 Å². The number of thiophene rings is 1. The Labute approximate surface area is 133 Å². The van der Waals surface area contributed by atoms with Crippen molar-refractivity contribution in [3.63, 3.8) is 0 Å². The summed E-state index contributed by atoms with van der Waals surface area (Å²) in [6.07, 6.45) is 1.21. The quantitative estimate of drug-likeness (QED) is 0.826. The first-order valence-corrected chi connectivity index (χ1v) is 9.09. The van der Waals surface area contributed by atoms with Crippen LogP contribution in [-0.2, 0) is 0 Å². The third kappa shape index (κ3) is 3.04. The van der Waals surface area contributed by atoms with Gasteiger partial charge in [-0.05, 0) is 36.6 Å². The van der Waals surface area contributed by atoms with E-state index in [0.717, 1.165) is 34.2 Å². The number of aryl methyl sites for hydroxylation is 1. The molecule has 0 N–H and O–H groups in total. The number of hydrogen-bond acceptors (Lipinski definition) is 4. The molecule has 1 saturated heterocycles.